The predicted octanol–water partition coefficient (Wildman–Crippen LogP) is 2.18. The molecule has 2 heteroatoms. The van der Waals surface area contributed by atoms with E-state index < -0.39 is 0 Å². The van der Waals surface area contributed by atoms with Crippen LogP contribution in [-0.2, 0) is 4.74 Å². The highest BCUT2D eigenvalue weighted by Crippen LogP contribution is 2.52. The fraction of sp³-hybridized carbons (Fsp3) is 1.00. The van der Waals surface area contributed by atoms with E-state index in [0.717, 1.165) is 24.9 Å². The summed E-state index contributed by atoms with van der Waals surface area (Å²) >= 11 is 0. The Labute approximate surface area is 87.2 Å². The SMILES string of the molecule is COCCC(C)C1(N)CC2CCC1C2. The van der Waals surface area contributed by atoms with Crippen LogP contribution in [0.3, 0.4) is 0 Å². The van der Waals surface area contributed by atoms with Crippen molar-refractivity contribution < 1.29 is 4.74 Å². The van der Waals surface area contributed by atoms with Crippen LogP contribution in [0.5, 0.6) is 0 Å². The molecule has 4 atom stereocenters. The van der Waals surface area contributed by atoms with E-state index in [1.165, 1.54) is 25.7 Å². The molecule has 2 fully saturated rings. The Balaban J connectivity index is 1.95. The summed E-state index contributed by atoms with van der Waals surface area (Å²) < 4.78 is 5.14. The first kappa shape index (κ1) is 10.4. The number of rotatable bonds is 4. The van der Waals surface area contributed by atoms with Crippen LogP contribution in [0, 0.1) is 17.8 Å². The molecule has 0 saturated heterocycles. The zero-order valence-corrected chi connectivity index (χ0v) is 9.46. The second kappa shape index (κ2) is 3.82. The lowest BCUT2D eigenvalue weighted by atomic mass is 9.72. The third kappa shape index (κ3) is 1.59. The van der Waals surface area contributed by atoms with Crippen LogP contribution in [-0.4, -0.2) is 19.3 Å². The van der Waals surface area contributed by atoms with Crippen molar-refractivity contribution in [3.63, 3.8) is 0 Å². The van der Waals surface area contributed by atoms with Crippen molar-refractivity contribution >= 4 is 0 Å². The minimum absolute atomic E-state index is 0.140. The van der Waals surface area contributed by atoms with Gasteiger partial charge in [0.2, 0.25) is 0 Å². The van der Waals surface area contributed by atoms with Crippen molar-refractivity contribution in [1.29, 1.82) is 0 Å². The molecular formula is C12H23NO. The van der Waals surface area contributed by atoms with Gasteiger partial charge in [0.1, 0.15) is 0 Å². The Morgan fingerprint density at radius 2 is 2.29 bits per heavy atom. The second-order valence-corrected chi connectivity index (χ2v) is 5.38. The normalized spacial score (nSPS) is 43.1. The maximum atomic E-state index is 6.57. The molecular weight excluding hydrogens is 174 g/mol. The average molecular weight is 197 g/mol. The Kier molecular flexibility index (Phi) is 2.85. The van der Waals surface area contributed by atoms with Crippen molar-refractivity contribution in [1.82, 2.24) is 0 Å². The molecule has 4 unspecified atom stereocenters. The summed E-state index contributed by atoms with van der Waals surface area (Å²) in [7, 11) is 1.77. The van der Waals surface area contributed by atoms with E-state index in [2.05, 4.69) is 6.92 Å². The first-order valence-corrected chi connectivity index (χ1v) is 5.94. The molecule has 0 heterocycles. The van der Waals surface area contributed by atoms with E-state index in [0.29, 0.717) is 5.92 Å². The molecule has 2 nitrogen and oxygen atoms in total. The van der Waals surface area contributed by atoms with Gasteiger partial charge in [-0.3, -0.25) is 0 Å². The van der Waals surface area contributed by atoms with Crippen LogP contribution in [0.4, 0.5) is 0 Å². The summed E-state index contributed by atoms with van der Waals surface area (Å²) in [6, 6.07) is 0. The van der Waals surface area contributed by atoms with Crippen molar-refractivity contribution in [3.05, 3.63) is 0 Å². The lowest BCUT2D eigenvalue weighted by Gasteiger charge is -2.39. The van der Waals surface area contributed by atoms with Gasteiger partial charge < -0.3 is 10.5 Å². The van der Waals surface area contributed by atoms with Gasteiger partial charge in [-0.25, -0.2) is 0 Å². The Morgan fingerprint density at radius 1 is 1.50 bits per heavy atom. The Morgan fingerprint density at radius 3 is 2.79 bits per heavy atom. The van der Waals surface area contributed by atoms with E-state index in [4.69, 9.17) is 10.5 Å². The molecule has 0 aromatic heterocycles. The van der Waals surface area contributed by atoms with Crippen LogP contribution < -0.4 is 5.73 Å². The van der Waals surface area contributed by atoms with E-state index in [9.17, 15) is 0 Å². The molecule has 0 spiro atoms. The highest BCUT2D eigenvalue weighted by atomic mass is 16.5. The number of ether oxygens (including phenoxy) is 1. The van der Waals surface area contributed by atoms with E-state index >= 15 is 0 Å². The van der Waals surface area contributed by atoms with Crippen molar-refractivity contribution in [3.8, 4) is 0 Å². The standard InChI is InChI=1S/C12H23NO/c1-9(5-6-14-2)12(13)8-10-3-4-11(12)7-10/h9-11H,3-8,13H2,1-2H3. The van der Waals surface area contributed by atoms with Crippen LogP contribution in [0.15, 0.2) is 0 Å². The summed E-state index contributed by atoms with van der Waals surface area (Å²) in [6.45, 7) is 3.16. The van der Waals surface area contributed by atoms with Gasteiger partial charge in [0.05, 0.1) is 0 Å². The summed E-state index contributed by atoms with van der Waals surface area (Å²) in [4.78, 5) is 0. The number of methoxy groups -OCH3 is 1. The van der Waals surface area contributed by atoms with Gasteiger partial charge in [0.25, 0.3) is 0 Å². The third-order valence-corrected chi connectivity index (χ3v) is 4.62. The lowest BCUT2D eigenvalue weighted by Crippen LogP contribution is -2.50. The van der Waals surface area contributed by atoms with E-state index in [1.807, 2.05) is 0 Å². The second-order valence-electron chi connectivity index (χ2n) is 5.38. The van der Waals surface area contributed by atoms with Gasteiger partial charge in [-0.2, -0.15) is 0 Å². The highest BCUT2D eigenvalue weighted by Gasteiger charge is 2.50. The van der Waals surface area contributed by atoms with Gasteiger partial charge in [0, 0.05) is 19.3 Å². The van der Waals surface area contributed by atoms with E-state index in [-0.39, 0.29) is 5.54 Å². The molecule has 0 aromatic rings. The molecule has 2 aliphatic rings. The molecule has 0 amide bonds. The van der Waals surface area contributed by atoms with E-state index in [1.54, 1.807) is 7.11 Å². The molecule has 2 saturated carbocycles. The quantitative estimate of drug-likeness (QED) is 0.749. The summed E-state index contributed by atoms with van der Waals surface area (Å²) in [6.07, 6.45) is 6.59. The molecule has 14 heavy (non-hydrogen) atoms. The molecule has 2 bridgehead atoms. The first-order valence-electron chi connectivity index (χ1n) is 5.94. The van der Waals surface area contributed by atoms with Gasteiger partial charge in [-0.1, -0.05) is 13.3 Å². The molecule has 0 radical (unpaired) electrons. The first-order chi connectivity index (χ1) is 6.66. The number of hydrogen-bond donors (Lipinski definition) is 1. The predicted molar refractivity (Wildman–Crippen MR) is 58.0 cm³/mol. The maximum absolute atomic E-state index is 6.57. The monoisotopic (exact) mass is 197 g/mol. The lowest BCUT2D eigenvalue weighted by molar-refractivity contribution is 0.126. The fourth-order valence-electron chi connectivity index (χ4n) is 3.58. The van der Waals surface area contributed by atoms with Crippen LogP contribution in [0.2, 0.25) is 0 Å². The zero-order valence-electron chi connectivity index (χ0n) is 9.46. The van der Waals surface area contributed by atoms with Crippen molar-refractivity contribution in [2.24, 2.45) is 23.5 Å². The van der Waals surface area contributed by atoms with Crippen LogP contribution in [0.25, 0.3) is 0 Å². The summed E-state index contributed by atoms with van der Waals surface area (Å²) in [5.41, 5.74) is 6.71. The number of nitrogens with two attached hydrogens (primary N) is 1. The number of hydrogen-bond acceptors (Lipinski definition) is 2. The van der Waals surface area contributed by atoms with Crippen molar-refractivity contribution in [2.75, 3.05) is 13.7 Å². The Hall–Kier alpha value is -0.0800. The van der Waals surface area contributed by atoms with Crippen LogP contribution in [0.1, 0.15) is 39.0 Å². The van der Waals surface area contributed by atoms with Crippen molar-refractivity contribution in [2.45, 2.75) is 44.6 Å². The smallest absolute Gasteiger partial charge is 0.0465 e. The van der Waals surface area contributed by atoms with Gasteiger partial charge >= 0.3 is 0 Å². The summed E-state index contributed by atoms with van der Waals surface area (Å²) in [5, 5.41) is 0. The van der Waals surface area contributed by atoms with Gasteiger partial charge in [-0.05, 0) is 43.4 Å². The molecule has 82 valence electrons. The molecule has 2 N–H and O–H groups in total. The molecule has 0 aliphatic heterocycles. The summed E-state index contributed by atoms with van der Waals surface area (Å²) in [5.74, 6) is 2.37. The Bertz CT molecular complexity index is 206. The molecule has 0 aromatic carbocycles. The average Bonchev–Trinajstić information content (AvgIpc) is 2.73. The largest absolute Gasteiger partial charge is 0.385 e. The fourth-order valence-corrected chi connectivity index (χ4v) is 3.58. The maximum Gasteiger partial charge on any atom is 0.0465 e. The molecule has 2 rings (SSSR count). The van der Waals surface area contributed by atoms with Crippen LogP contribution >= 0.6 is 0 Å². The van der Waals surface area contributed by atoms with Gasteiger partial charge in [0.15, 0.2) is 0 Å². The minimum atomic E-state index is 0.140. The molecule has 2 aliphatic carbocycles. The minimum Gasteiger partial charge on any atom is -0.385 e. The van der Waals surface area contributed by atoms with Gasteiger partial charge in [-0.15, -0.1) is 0 Å². The third-order valence-electron chi connectivity index (χ3n) is 4.62. The number of fused-ring (bicyclic) bond motifs is 2. The topological polar surface area (TPSA) is 35.2 Å². The zero-order chi connectivity index (χ0) is 10.2. The highest BCUT2D eigenvalue weighted by molar-refractivity contribution is 5.06.